The summed E-state index contributed by atoms with van der Waals surface area (Å²) in [5.74, 6) is 1.69. The number of aryl methyl sites for hydroxylation is 1. The van der Waals surface area contributed by atoms with Crippen LogP contribution in [0.5, 0.6) is 0 Å². The van der Waals surface area contributed by atoms with E-state index in [4.69, 9.17) is 4.52 Å². The van der Waals surface area contributed by atoms with E-state index in [0.717, 1.165) is 23.9 Å². The van der Waals surface area contributed by atoms with Gasteiger partial charge in [-0.25, -0.2) is 0 Å². The molecule has 4 nitrogen and oxygen atoms in total. The van der Waals surface area contributed by atoms with Crippen LogP contribution in [0, 0.1) is 12.8 Å². The highest BCUT2D eigenvalue weighted by Crippen LogP contribution is 2.20. The Morgan fingerprint density at radius 1 is 1.58 bits per heavy atom. The van der Waals surface area contributed by atoms with E-state index in [-0.39, 0.29) is 0 Å². The first-order chi connectivity index (χ1) is 9.19. The average molecular weight is 265 g/mol. The minimum Gasteiger partial charge on any atom is -0.360 e. The van der Waals surface area contributed by atoms with E-state index in [1.54, 1.807) is 0 Å². The zero-order valence-electron chi connectivity index (χ0n) is 12.5. The van der Waals surface area contributed by atoms with Crippen LogP contribution in [0.25, 0.3) is 0 Å². The molecule has 1 saturated heterocycles. The van der Waals surface area contributed by atoms with Crippen molar-refractivity contribution in [2.45, 2.75) is 52.6 Å². The van der Waals surface area contributed by atoms with Crippen LogP contribution in [0.1, 0.15) is 44.6 Å². The Morgan fingerprint density at radius 3 is 3.11 bits per heavy atom. The van der Waals surface area contributed by atoms with Gasteiger partial charge in [-0.15, -0.1) is 0 Å². The maximum atomic E-state index is 5.24. The second-order valence-electron chi connectivity index (χ2n) is 5.81. The van der Waals surface area contributed by atoms with Gasteiger partial charge in [0.1, 0.15) is 0 Å². The number of nitrogens with one attached hydrogen (secondary N) is 1. The smallest absolute Gasteiger partial charge is 0.150 e. The minimum atomic E-state index is 0.532. The van der Waals surface area contributed by atoms with Crippen molar-refractivity contribution in [1.82, 2.24) is 15.4 Å². The van der Waals surface area contributed by atoms with Crippen molar-refractivity contribution in [3.8, 4) is 0 Å². The van der Waals surface area contributed by atoms with Crippen LogP contribution in [0.2, 0.25) is 0 Å². The summed E-state index contributed by atoms with van der Waals surface area (Å²) >= 11 is 0. The SMILES string of the molecule is CCCN1CCCC(C(C)NCc2cc(C)no2)C1. The standard InChI is InChI=1S/C15H27N3O/c1-4-7-18-8-5-6-14(11-18)13(3)16-10-15-9-12(2)17-19-15/h9,13-14,16H,4-8,10-11H2,1-3H3. The summed E-state index contributed by atoms with van der Waals surface area (Å²) in [6.45, 7) is 11.0. The monoisotopic (exact) mass is 265 g/mol. The van der Waals surface area contributed by atoms with Crippen LogP contribution >= 0.6 is 0 Å². The lowest BCUT2D eigenvalue weighted by Crippen LogP contribution is -2.44. The maximum absolute atomic E-state index is 5.24. The van der Waals surface area contributed by atoms with Crippen LogP contribution in [0.4, 0.5) is 0 Å². The maximum Gasteiger partial charge on any atom is 0.150 e. The molecule has 0 spiro atoms. The fourth-order valence-electron chi connectivity index (χ4n) is 2.95. The Labute approximate surface area is 116 Å². The Kier molecular flexibility index (Phi) is 5.40. The van der Waals surface area contributed by atoms with Gasteiger partial charge in [0.05, 0.1) is 12.2 Å². The molecule has 108 valence electrons. The van der Waals surface area contributed by atoms with Gasteiger partial charge in [-0.3, -0.25) is 0 Å². The molecule has 1 aromatic heterocycles. The molecule has 1 aliphatic rings. The number of piperidine rings is 1. The Morgan fingerprint density at radius 2 is 2.42 bits per heavy atom. The summed E-state index contributed by atoms with van der Waals surface area (Å²) < 4.78 is 5.24. The van der Waals surface area contributed by atoms with Gasteiger partial charge >= 0.3 is 0 Å². The summed E-state index contributed by atoms with van der Waals surface area (Å²) in [5.41, 5.74) is 0.955. The summed E-state index contributed by atoms with van der Waals surface area (Å²) in [7, 11) is 0. The van der Waals surface area contributed by atoms with E-state index < -0.39 is 0 Å². The molecule has 0 radical (unpaired) electrons. The summed E-state index contributed by atoms with van der Waals surface area (Å²) in [6.07, 6.45) is 3.92. The highest BCUT2D eigenvalue weighted by atomic mass is 16.5. The molecule has 0 aromatic carbocycles. The normalized spacial score (nSPS) is 22.6. The van der Waals surface area contributed by atoms with Crippen molar-refractivity contribution in [2.24, 2.45) is 5.92 Å². The summed E-state index contributed by atoms with van der Waals surface area (Å²) in [4.78, 5) is 2.60. The van der Waals surface area contributed by atoms with Gasteiger partial charge in [0, 0.05) is 18.7 Å². The Hall–Kier alpha value is -0.870. The predicted octanol–water partition coefficient (Wildman–Crippen LogP) is 2.58. The molecule has 0 bridgehead atoms. The van der Waals surface area contributed by atoms with Crippen LogP contribution in [0.15, 0.2) is 10.6 Å². The fourth-order valence-corrected chi connectivity index (χ4v) is 2.95. The molecule has 0 amide bonds. The van der Waals surface area contributed by atoms with Gasteiger partial charge in [0.25, 0.3) is 0 Å². The van der Waals surface area contributed by atoms with Gasteiger partial charge in [0.2, 0.25) is 0 Å². The van der Waals surface area contributed by atoms with Gasteiger partial charge < -0.3 is 14.7 Å². The van der Waals surface area contributed by atoms with E-state index in [0.29, 0.717) is 6.04 Å². The highest BCUT2D eigenvalue weighted by molar-refractivity contribution is 5.02. The molecule has 2 unspecified atom stereocenters. The van der Waals surface area contributed by atoms with Gasteiger partial charge in [0.15, 0.2) is 5.76 Å². The topological polar surface area (TPSA) is 41.3 Å². The van der Waals surface area contributed by atoms with Crippen LogP contribution < -0.4 is 5.32 Å². The molecule has 0 aliphatic carbocycles. The van der Waals surface area contributed by atoms with Crippen molar-refractivity contribution in [3.63, 3.8) is 0 Å². The third-order valence-corrected chi connectivity index (χ3v) is 4.06. The third kappa shape index (κ3) is 4.32. The molecule has 1 aromatic rings. The third-order valence-electron chi connectivity index (χ3n) is 4.06. The average Bonchev–Trinajstić information content (AvgIpc) is 2.82. The number of rotatable bonds is 6. The highest BCUT2D eigenvalue weighted by Gasteiger charge is 2.24. The molecule has 1 aliphatic heterocycles. The van der Waals surface area contributed by atoms with Crippen LogP contribution in [-0.4, -0.2) is 35.7 Å². The molecular weight excluding hydrogens is 238 g/mol. The molecule has 0 saturated carbocycles. The second-order valence-corrected chi connectivity index (χ2v) is 5.81. The van der Waals surface area contributed by atoms with Crippen molar-refractivity contribution in [3.05, 3.63) is 17.5 Å². The number of nitrogens with zero attached hydrogens (tertiary/aromatic N) is 2. The van der Waals surface area contributed by atoms with Crippen molar-refractivity contribution < 1.29 is 4.52 Å². The first-order valence-electron chi connectivity index (χ1n) is 7.57. The Bertz CT molecular complexity index is 375. The lowest BCUT2D eigenvalue weighted by molar-refractivity contribution is 0.149. The van der Waals surface area contributed by atoms with Crippen LogP contribution in [0.3, 0.4) is 0 Å². The first kappa shape index (κ1) is 14.5. The lowest BCUT2D eigenvalue weighted by atomic mass is 9.91. The number of hydrogen-bond donors (Lipinski definition) is 1. The van der Waals surface area contributed by atoms with E-state index in [1.165, 1.54) is 38.9 Å². The van der Waals surface area contributed by atoms with Crippen LogP contribution in [-0.2, 0) is 6.54 Å². The largest absolute Gasteiger partial charge is 0.360 e. The number of likely N-dealkylation sites (tertiary alicyclic amines) is 1. The molecule has 1 N–H and O–H groups in total. The fraction of sp³-hybridized carbons (Fsp3) is 0.800. The molecule has 1 fully saturated rings. The molecule has 2 atom stereocenters. The van der Waals surface area contributed by atoms with Crippen molar-refractivity contribution in [1.29, 1.82) is 0 Å². The van der Waals surface area contributed by atoms with E-state index in [1.807, 2.05) is 13.0 Å². The van der Waals surface area contributed by atoms with Gasteiger partial charge in [-0.2, -0.15) is 0 Å². The molecule has 2 heterocycles. The van der Waals surface area contributed by atoms with E-state index in [9.17, 15) is 0 Å². The molecule has 4 heteroatoms. The lowest BCUT2D eigenvalue weighted by Gasteiger charge is -2.35. The number of hydrogen-bond acceptors (Lipinski definition) is 4. The van der Waals surface area contributed by atoms with Crippen molar-refractivity contribution >= 4 is 0 Å². The molecular formula is C15H27N3O. The Balaban J connectivity index is 1.77. The van der Waals surface area contributed by atoms with Gasteiger partial charge in [-0.1, -0.05) is 12.1 Å². The number of aromatic nitrogens is 1. The molecule has 19 heavy (non-hydrogen) atoms. The van der Waals surface area contributed by atoms with Crippen molar-refractivity contribution in [2.75, 3.05) is 19.6 Å². The van der Waals surface area contributed by atoms with E-state index in [2.05, 4.69) is 29.2 Å². The van der Waals surface area contributed by atoms with Gasteiger partial charge in [-0.05, 0) is 52.1 Å². The molecule has 2 rings (SSSR count). The summed E-state index contributed by atoms with van der Waals surface area (Å²) in [5, 5.41) is 7.50. The summed E-state index contributed by atoms with van der Waals surface area (Å²) in [6, 6.07) is 2.54. The zero-order valence-corrected chi connectivity index (χ0v) is 12.5. The predicted molar refractivity (Wildman–Crippen MR) is 77.0 cm³/mol. The minimum absolute atomic E-state index is 0.532. The van der Waals surface area contributed by atoms with E-state index >= 15 is 0 Å². The second kappa shape index (κ2) is 7.06. The zero-order chi connectivity index (χ0) is 13.7. The quantitative estimate of drug-likeness (QED) is 0.858. The first-order valence-corrected chi connectivity index (χ1v) is 7.57.